The van der Waals surface area contributed by atoms with Gasteiger partial charge in [0.15, 0.2) is 0 Å². The smallest absolute Gasteiger partial charge is 0.410 e. The van der Waals surface area contributed by atoms with E-state index in [-0.39, 0.29) is 35.3 Å². The fourth-order valence-corrected chi connectivity index (χ4v) is 4.55. The molecule has 2 amide bonds. The van der Waals surface area contributed by atoms with Crippen molar-refractivity contribution in [2.75, 3.05) is 13.1 Å². The van der Waals surface area contributed by atoms with Crippen molar-refractivity contribution in [3.05, 3.63) is 35.5 Å². The second kappa shape index (κ2) is 7.14. The van der Waals surface area contributed by atoms with Crippen LogP contribution in [0, 0.1) is 30.5 Å². The van der Waals surface area contributed by atoms with Crippen molar-refractivity contribution in [1.82, 2.24) is 20.2 Å². The highest BCUT2D eigenvalue weighted by atomic mass is 19.1. The minimum atomic E-state index is -0.807. The van der Waals surface area contributed by atoms with Crippen molar-refractivity contribution in [1.29, 1.82) is 0 Å². The third-order valence-electron chi connectivity index (χ3n) is 5.97. The molecule has 2 heterocycles. The van der Waals surface area contributed by atoms with Crippen molar-refractivity contribution in [2.24, 2.45) is 17.8 Å². The molecular weight excluding hydrogens is 399 g/mol. The largest absolute Gasteiger partial charge is 0.444 e. The average Bonchev–Trinajstić information content (AvgIpc) is 3.14. The van der Waals surface area contributed by atoms with Gasteiger partial charge in [0.25, 0.3) is 0 Å². The molecule has 2 aliphatic rings. The number of carbonyl (C=O) groups is 2. The Morgan fingerprint density at radius 3 is 2.39 bits per heavy atom. The first-order chi connectivity index (χ1) is 14.4. The molecule has 1 saturated carbocycles. The van der Waals surface area contributed by atoms with Crippen LogP contribution in [-0.4, -0.2) is 45.6 Å². The predicted molar refractivity (Wildman–Crippen MR) is 114 cm³/mol. The predicted octanol–water partition coefficient (Wildman–Crippen LogP) is 3.54. The van der Waals surface area contributed by atoms with E-state index in [0.29, 0.717) is 30.0 Å². The van der Waals surface area contributed by atoms with Crippen LogP contribution in [0.3, 0.4) is 0 Å². The van der Waals surface area contributed by atoms with Gasteiger partial charge in [-0.2, -0.15) is 0 Å². The Labute approximate surface area is 181 Å². The Morgan fingerprint density at radius 1 is 1.13 bits per heavy atom. The SMILES string of the molecule is Cc1nc(C(C)(C)NC(=O)C2C3CN(C(=O)OC(C)(C)C)CC32)c2cccc(F)c2n1. The van der Waals surface area contributed by atoms with Gasteiger partial charge in [0.1, 0.15) is 22.8 Å². The third-order valence-corrected chi connectivity index (χ3v) is 5.97. The molecule has 31 heavy (non-hydrogen) atoms. The molecule has 1 aliphatic heterocycles. The number of aryl methyl sites for hydroxylation is 1. The maximum absolute atomic E-state index is 14.3. The van der Waals surface area contributed by atoms with Gasteiger partial charge in [-0.15, -0.1) is 0 Å². The van der Waals surface area contributed by atoms with Crippen LogP contribution < -0.4 is 5.32 Å². The molecule has 2 unspecified atom stereocenters. The van der Waals surface area contributed by atoms with Crippen LogP contribution in [0.1, 0.15) is 46.1 Å². The van der Waals surface area contributed by atoms with E-state index in [9.17, 15) is 14.0 Å². The quantitative estimate of drug-likeness (QED) is 0.808. The molecular formula is C23H29FN4O3. The van der Waals surface area contributed by atoms with Gasteiger partial charge in [-0.1, -0.05) is 12.1 Å². The van der Waals surface area contributed by atoms with Crippen molar-refractivity contribution in [3.8, 4) is 0 Å². The van der Waals surface area contributed by atoms with E-state index in [2.05, 4.69) is 15.3 Å². The number of para-hydroxylation sites is 1. The summed E-state index contributed by atoms with van der Waals surface area (Å²) in [4.78, 5) is 35.7. The van der Waals surface area contributed by atoms with Gasteiger partial charge in [0.05, 0.1) is 11.2 Å². The van der Waals surface area contributed by atoms with Gasteiger partial charge in [-0.25, -0.2) is 19.2 Å². The van der Waals surface area contributed by atoms with E-state index in [1.54, 1.807) is 24.0 Å². The van der Waals surface area contributed by atoms with Crippen LogP contribution in [0.15, 0.2) is 18.2 Å². The highest BCUT2D eigenvalue weighted by Gasteiger charge is 2.61. The van der Waals surface area contributed by atoms with Crippen LogP contribution in [0.25, 0.3) is 10.9 Å². The number of carbonyl (C=O) groups excluding carboxylic acids is 2. The summed E-state index contributed by atoms with van der Waals surface area (Å²) in [7, 11) is 0. The fourth-order valence-electron chi connectivity index (χ4n) is 4.55. The molecule has 2 aromatic rings. The third kappa shape index (κ3) is 4.07. The molecule has 1 aromatic heterocycles. The molecule has 2 atom stereocenters. The zero-order valence-corrected chi connectivity index (χ0v) is 18.8. The summed E-state index contributed by atoms with van der Waals surface area (Å²) >= 11 is 0. The minimum absolute atomic E-state index is 0.0651. The number of halogens is 1. The van der Waals surface area contributed by atoms with Crippen LogP contribution in [0.5, 0.6) is 0 Å². The van der Waals surface area contributed by atoms with E-state index in [0.717, 1.165) is 0 Å². The highest BCUT2D eigenvalue weighted by molar-refractivity contribution is 5.86. The Bertz CT molecular complexity index is 1050. The van der Waals surface area contributed by atoms with Gasteiger partial charge < -0.3 is 15.0 Å². The molecule has 0 radical (unpaired) electrons. The number of benzene rings is 1. The molecule has 4 rings (SSSR count). The lowest BCUT2D eigenvalue weighted by atomic mass is 9.95. The summed E-state index contributed by atoms with van der Waals surface area (Å²) in [5.41, 5.74) is -0.506. The van der Waals surface area contributed by atoms with Crippen molar-refractivity contribution < 1.29 is 18.7 Å². The Hall–Kier alpha value is -2.77. The summed E-state index contributed by atoms with van der Waals surface area (Å²) in [5.74, 6) is 0.124. The molecule has 7 nitrogen and oxygen atoms in total. The summed E-state index contributed by atoms with van der Waals surface area (Å²) in [6.45, 7) is 12.0. The van der Waals surface area contributed by atoms with Gasteiger partial charge >= 0.3 is 6.09 Å². The van der Waals surface area contributed by atoms with Crippen molar-refractivity contribution in [3.63, 3.8) is 0 Å². The topological polar surface area (TPSA) is 84.4 Å². The molecule has 0 bridgehead atoms. The van der Waals surface area contributed by atoms with Gasteiger partial charge in [0, 0.05) is 24.4 Å². The van der Waals surface area contributed by atoms with E-state index < -0.39 is 17.0 Å². The maximum Gasteiger partial charge on any atom is 0.410 e. The van der Waals surface area contributed by atoms with Crippen LogP contribution in [0.4, 0.5) is 9.18 Å². The zero-order valence-electron chi connectivity index (χ0n) is 18.8. The van der Waals surface area contributed by atoms with Gasteiger partial charge in [-0.3, -0.25) is 4.79 Å². The number of nitrogens with one attached hydrogen (secondary N) is 1. The van der Waals surface area contributed by atoms with E-state index in [1.165, 1.54) is 6.07 Å². The molecule has 2 fully saturated rings. The average molecular weight is 429 g/mol. The zero-order chi connectivity index (χ0) is 22.7. The number of rotatable bonds is 3. The van der Waals surface area contributed by atoms with Crippen LogP contribution in [-0.2, 0) is 15.1 Å². The number of hydrogen-bond acceptors (Lipinski definition) is 5. The lowest BCUT2D eigenvalue weighted by molar-refractivity contribution is -0.125. The Morgan fingerprint density at radius 2 is 1.77 bits per heavy atom. The monoisotopic (exact) mass is 428 g/mol. The van der Waals surface area contributed by atoms with Gasteiger partial charge in [0.2, 0.25) is 5.91 Å². The first-order valence-corrected chi connectivity index (χ1v) is 10.6. The molecule has 8 heteroatoms. The van der Waals surface area contributed by atoms with E-state index in [1.807, 2.05) is 34.6 Å². The normalized spacial score (nSPS) is 22.9. The number of hydrogen-bond donors (Lipinski definition) is 1. The first-order valence-electron chi connectivity index (χ1n) is 10.6. The lowest BCUT2D eigenvalue weighted by Crippen LogP contribution is -2.44. The summed E-state index contributed by atoms with van der Waals surface area (Å²) in [6.07, 6.45) is -0.329. The molecule has 0 spiro atoms. The molecule has 1 N–H and O–H groups in total. The van der Waals surface area contributed by atoms with Crippen LogP contribution in [0.2, 0.25) is 0 Å². The number of amides is 2. The number of piperidine rings is 1. The second-order valence-electron chi connectivity index (χ2n) is 10.1. The highest BCUT2D eigenvalue weighted by Crippen LogP contribution is 2.52. The van der Waals surface area contributed by atoms with E-state index >= 15 is 0 Å². The molecule has 1 aromatic carbocycles. The summed E-state index contributed by atoms with van der Waals surface area (Å²) in [6, 6.07) is 4.76. The summed E-state index contributed by atoms with van der Waals surface area (Å²) < 4.78 is 19.7. The molecule has 1 aliphatic carbocycles. The standard InChI is InChI=1S/C23H29FN4O3/c1-12-25-18-13(8-7-9-16(18)24)19(26-12)23(5,6)27-20(29)17-14-10-28(11-15(14)17)21(30)31-22(2,3)4/h7-9,14-15,17H,10-11H2,1-6H3,(H,27,29). The number of fused-ring (bicyclic) bond motifs is 2. The number of nitrogens with zero attached hydrogens (tertiary/aromatic N) is 3. The van der Waals surface area contributed by atoms with Crippen molar-refractivity contribution in [2.45, 2.75) is 52.7 Å². The second-order valence-corrected chi connectivity index (χ2v) is 10.1. The van der Waals surface area contributed by atoms with Crippen molar-refractivity contribution >= 4 is 22.9 Å². The Kier molecular flexibility index (Phi) is 4.94. The molecule has 166 valence electrons. The first kappa shape index (κ1) is 21.5. The van der Waals surface area contributed by atoms with Gasteiger partial charge in [-0.05, 0) is 59.4 Å². The number of aromatic nitrogens is 2. The number of ether oxygens (including phenoxy) is 1. The van der Waals surface area contributed by atoms with E-state index in [4.69, 9.17) is 4.74 Å². The van der Waals surface area contributed by atoms with Crippen LogP contribution >= 0.6 is 0 Å². The Balaban J connectivity index is 1.46. The summed E-state index contributed by atoms with van der Waals surface area (Å²) in [5, 5.41) is 3.68. The maximum atomic E-state index is 14.3. The number of likely N-dealkylation sites (tertiary alicyclic amines) is 1. The minimum Gasteiger partial charge on any atom is -0.444 e. The fraction of sp³-hybridized carbons (Fsp3) is 0.565. The lowest BCUT2D eigenvalue weighted by Gasteiger charge is -2.29. The molecule has 1 saturated heterocycles.